The Bertz CT molecular complexity index is 763. The monoisotopic (exact) mass is 315 g/mol. The predicted molar refractivity (Wildman–Crippen MR) is 81.4 cm³/mol. The zero-order valence-electron chi connectivity index (χ0n) is 12.1. The summed E-state index contributed by atoms with van der Waals surface area (Å²) >= 11 is 0. The highest BCUT2D eigenvalue weighted by molar-refractivity contribution is 6.07. The van der Waals surface area contributed by atoms with E-state index in [-0.39, 0.29) is 16.9 Å². The van der Waals surface area contributed by atoms with Crippen LogP contribution in [0.15, 0.2) is 42.7 Å². The third kappa shape index (κ3) is 3.66. The minimum Gasteiger partial charge on any atom is -0.306 e. The fraction of sp³-hybridized carbons (Fsp3) is 0.0714. The third-order valence-electron chi connectivity index (χ3n) is 3.04. The molecular weight excluding hydrogens is 302 g/mol. The molecule has 0 atom stereocenters. The van der Waals surface area contributed by atoms with Gasteiger partial charge in [0.1, 0.15) is 0 Å². The Kier molecular flexibility index (Phi) is 4.62. The van der Waals surface area contributed by atoms with Gasteiger partial charge in [-0.2, -0.15) is 5.01 Å². The zero-order valence-corrected chi connectivity index (χ0v) is 12.1. The topological polar surface area (TPSA) is 131 Å². The van der Waals surface area contributed by atoms with Crippen LogP contribution >= 0.6 is 0 Å². The van der Waals surface area contributed by atoms with E-state index < -0.39 is 16.9 Å². The summed E-state index contributed by atoms with van der Waals surface area (Å²) in [5, 5.41) is 13.5. The van der Waals surface area contributed by atoms with Crippen molar-refractivity contribution < 1.29 is 14.5 Å². The molecule has 0 aliphatic heterocycles. The molecular formula is C14H13N5O4. The van der Waals surface area contributed by atoms with Crippen LogP contribution in [0.1, 0.15) is 15.9 Å². The average Bonchev–Trinajstić information content (AvgIpc) is 2.56. The van der Waals surface area contributed by atoms with Gasteiger partial charge in [0, 0.05) is 30.1 Å². The van der Waals surface area contributed by atoms with E-state index in [4.69, 9.17) is 5.84 Å². The van der Waals surface area contributed by atoms with E-state index in [0.717, 1.165) is 0 Å². The molecule has 0 unspecified atom stereocenters. The quantitative estimate of drug-likeness (QED) is 0.384. The Morgan fingerprint density at radius 1 is 1.26 bits per heavy atom. The van der Waals surface area contributed by atoms with Crippen molar-refractivity contribution >= 4 is 23.3 Å². The maximum absolute atomic E-state index is 12.0. The maximum atomic E-state index is 12.0. The smallest absolute Gasteiger partial charge is 0.306 e. The number of nitro benzene ring substituents is 1. The maximum Gasteiger partial charge on any atom is 0.343 e. The molecule has 0 saturated heterocycles. The summed E-state index contributed by atoms with van der Waals surface area (Å²) in [6.07, 6.45) is 2.79. The zero-order chi connectivity index (χ0) is 17.0. The summed E-state index contributed by atoms with van der Waals surface area (Å²) in [5.74, 6) is 4.78. The number of benzene rings is 1. The lowest BCUT2D eigenvalue weighted by Crippen LogP contribution is -2.45. The van der Waals surface area contributed by atoms with Crippen LogP contribution in [0.5, 0.6) is 0 Å². The van der Waals surface area contributed by atoms with Gasteiger partial charge in [0.05, 0.1) is 10.6 Å². The standard InChI is InChI=1S/C14H13N5O4/c1-9-2-3-11(19(22)23)8-12(9)17-14(21)18(15)13(20)10-4-6-16-7-5-10/h2-8H,15H2,1H3,(H,17,21). The summed E-state index contributed by atoms with van der Waals surface area (Å²) < 4.78 is 0. The van der Waals surface area contributed by atoms with Crippen molar-refractivity contribution in [3.8, 4) is 0 Å². The number of anilines is 1. The normalized spacial score (nSPS) is 10.0. The molecule has 0 aliphatic rings. The number of carbonyl (C=O) groups is 2. The van der Waals surface area contributed by atoms with E-state index in [0.29, 0.717) is 10.6 Å². The van der Waals surface area contributed by atoms with E-state index in [9.17, 15) is 19.7 Å². The summed E-state index contributed by atoms with van der Waals surface area (Å²) in [6.45, 7) is 1.66. The van der Waals surface area contributed by atoms with Gasteiger partial charge in [-0.3, -0.25) is 19.9 Å². The average molecular weight is 315 g/mol. The number of amides is 3. The van der Waals surface area contributed by atoms with Gasteiger partial charge in [0.15, 0.2) is 0 Å². The largest absolute Gasteiger partial charge is 0.343 e. The highest BCUT2D eigenvalue weighted by atomic mass is 16.6. The van der Waals surface area contributed by atoms with E-state index in [1.165, 1.54) is 42.7 Å². The minimum absolute atomic E-state index is 0.185. The number of hydrogen-bond acceptors (Lipinski definition) is 6. The Labute approximate surface area is 130 Å². The first-order valence-corrected chi connectivity index (χ1v) is 6.45. The summed E-state index contributed by atoms with van der Waals surface area (Å²) in [7, 11) is 0. The van der Waals surface area contributed by atoms with Crippen molar-refractivity contribution in [3.63, 3.8) is 0 Å². The number of carbonyl (C=O) groups excluding carboxylic acids is 2. The van der Waals surface area contributed by atoms with Gasteiger partial charge in [0.2, 0.25) is 0 Å². The molecule has 0 bridgehead atoms. The molecule has 0 radical (unpaired) electrons. The molecule has 118 valence electrons. The molecule has 9 nitrogen and oxygen atoms in total. The van der Waals surface area contributed by atoms with Crippen LogP contribution in [-0.2, 0) is 0 Å². The van der Waals surface area contributed by atoms with E-state index in [1.54, 1.807) is 6.92 Å². The number of hydrazine groups is 1. The number of hydrogen-bond donors (Lipinski definition) is 2. The van der Waals surface area contributed by atoms with Crippen LogP contribution in [0.4, 0.5) is 16.2 Å². The Morgan fingerprint density at radius 3 is 2.52 bits per heavy atom. The van der Waals surface area contributed by atoms with Crippen LogP contribution in [-0.4, -0.2) is 26.9 Å². The summed E-state index contributed by atoms with van der Waals surface area (Å²) in [6, 6.07) is 5.91. The van der Waals surface area contributed by atoms with Crippen LogP contribution < -0.4 is 11.2 Å². The van der Waals surface area contributed by atoms with Crippen molar-refractivity contribution in [3.05, 3.63) is 64.0 Å². The number of urea groups is 1. The first-order valence-electron chi connectivity index (χ1n) is 6.45. The number of nitrogens with two attached hydrogens (primary N) is 1. The van der Waals surface area contributed by atoms with Crippen LogP contribution in [0.2, 0.25) is 0 Å². The molecule has 3 N–H and O–H groups in total. The van der Waals surface area contributed by atoms with Gasteiger partial charge in [-0.1, -0.05) is 6.07 Å². The van der Waals surface area contributed by atoms with Crippen molar-refractivity contribution in [1.82, 2.24) is 9.99 Å². The van der Waals surface area contributed by atoms with Crippen LogP contribution in [0.3, 0.4) is 0 Å². The lowest BCUT2D eigenvalue weighted by molar-refractivity contribution is -0.384. The number of rotatable bonds is 3. The SMILES string of the molecule is Cc1ccc([N+](=O)[O-])cc1NC(=O)N(N)C(=O)c1ccncc1. The van der Waals surface area contributed by atoms with Gasteiger partial charge in [-0.15, -0.1) is 0 Å². The number of imide groups is 1. The molecule has 3 amide bonds. The first kappa shape index (κ1) is 16.0. The highest BCUT2D eigenvalue weighted by Crippen LogP contribution is 2.22. The van der Waals surface area contributed by atoms with Crippen LogP contribution in [0.25, 0.3) is 0 Å². The van der Waals surface area contributed by atoms with Gasteiger partial charge in [-0.05, 0) is 24.6 Å². The second-order valence-electron chi connectivity index (χ2n) is 4.60. The molecule has 2 rings (SSSR count). The number of nitrogens with zero attached hydrogens (tertiary/aromatic N) is 3. The first-order chi connectivity index (χ1) is 10.9. The van der Waals surface area contributed by atoms with E-state index in [2.05, 4.69) is 10.3 Å². The van der Waals surface area contributed by atoms with Crippen molar-refractivity contribution in [1.29, 1.82) is 0 Å². The van der Waals surface area contributed by atoms with Crippen molar-refractivity contribution in [2.24, 2.45) is 5.84 Å². The molecule has 0 spiro atoms. The highest BCUT2D eigenvalue weighted by Gasteiger charge is 2.21. The Hall–Kier alpha value is -3.33. The molecule has 2 aromatic rings. The Morgan fingerprint density at radius 2 is 1.91 bits per heavy atom. The molecule has 1 heterocycles. The fourth-order valence-corrected chi connectivity index (χ4v) is 1.76. The second-order valence-corrected chi connectivity index (χ2v) is 4.60. The van der Waals surface area contributed by atoms with Crippen molar-refractivity contribution in [2.75, 3.05) is 5.32 Å². The number of non-ortho nitro benzene ring substituents is 1. The predicted octanol–water partition coefficient (Wildman–Crippen LogP) is 1.85. The molecule has 1 aromatic heterocycles. The molecule has 23 heavy (non-hydrogen) atoms. The molecule has 0 saturated carbocycles. The number of aromatic nitrogens is 1. The Balaban J connectivity index is 2.17. The second kappa shape index (κ2) is 6.62. The molecule has 1 aromatic carbocycles. The lowest BCUT2D eigenvalue weighted by Gasteiger charge is -2.16. The number of nitrogens with one attached hydrogen (secondary N) is 1. The van der Waals surface area contributed by atoms with Crippen molar-refractivity contribution in [2.45, 2.75) is 6.92 Å². The minimum atomic E-state index is -0.907. The molecule has 9 heteroatoms. The van der Waals surface area contributed by atoms with Gasteiger partial charge in [0.25, 0.3) is 11.6 Å². The van der Waals surface area contributed by atoms with Gasteiger partial charge in [-0.25, -0.2) is 10.6 Å². The van der Waals surface area contributed by atoms with Gasteiger partial charge >= 0.3 is 6.03 Å². The third-order valence-corrected chi connectivity index (χ3v) is 3.04. The fourth-order valence-electron chi connectivity index (χ4n) is 1.76. The molecule has 0 aliphatic carbocycles. The summed E-state index contributed by atoms with van der Waals surface area (Å²) in [5.41, 5.74) is 0.791. The number of nitro groups is 1. The van der Waals surface area contributed by atoms with Gasteiger partial charge < -0.3 is 5.32 Å². The van der Waals surface area contributed by atoms with E-state index in [1.807, 2.05) is 0 Å². The van der Waals surface area contributed by atoms with Crippen LogP contribution in [0, 0.1) is 17.0 Å². The van der Waals surface area contributed by atoms with E-state index >= 15 is 0 Å². The molecule has 0 fully saturated rings. The summed E-state index contributed by atoms with van der Waals surface area (Å²) in [4.78, 5) is 38.0. The number of pyridine rings is 1. The lowest BCUT2D eigenvalue weighted by atomic mass is 10.2. The number of aryl methyl sites for hydroxylation is 1.